The molecule has 0 amide bonds. The van der Waals surface area contributed by atoms with Crippen molar-refractivity contribution in [1.29, 1.82) is 5.26 Å². The van der Waals surface area contributed by atoms with E-state index >= 15 is 0 Å². The van der Waals surface area contributed by atoms with Crippen LogP contribution in [0.5, 0.6) is 0 Å². The van der Waals surface area contributed by atoms with Crippen molar-refractivity contribution in [3.8, 4) is 6.07 Å². The molecule has 0 saturated heterocycles. The van der Waals surface area contributed by atoms with Crippen LogP contribution in [0.1, 0.15) is 29.5 Å². The van der Waals surface area contributed by atoms with Crippen molar-refractivity contribution >= 4 is 17.4 Å². The van der Waals surface area contributed by atoms with E-state index in [-0.39, 0.29) is 0 Å². The molecule has 0 saturated carbocycles. The summed E-state index contributed by atoms with van der Waals surface area (Å²) in [6.45, 7) is 6.50. The second kappa shape index (κ2) is 6.49. The zero-order valence-corrected chi connectivity index (χ0v) is 12.7. The van der Waals surface area contributed by atoms with Crippen LogP contribution in [0.15, 0.2) is 27.6 Å². The minimum absolute atomic E-state index is 0.607. The lowest BCUT2D eigenvalue weighted by Gasteiger charge is -2.10. The van der Waals surface area contributed by atoms with E-state index in [1.165, 1.54) is 0 Å². The first-order valence-electron chi connectivity index (χ1n) is 6.48. The van der Waals surface area contributed by atoms with Gasteiger partial charge in [0.2, 0.25) is 0 Å². The molecule has 0 aliphatic rings. The van der Waals surface area contributed by atoms with Gasteiger partial charge in [0.25, 0.3) is 0 Å². The van der Waals surface area contributed by atoms with E-state index in [9.17, 15) is 5.26 Å². The largest absolute Gasteiger partial charge is 0.380 e. The van der Waals surface area contributed by atoms with Gasteiger partial charge in [0.1, 0.15) is 11.8 Å². The third kappa shape index (κ3) is 2.97. The van der Waals surface area contributed by atoms with E-state index in [0.29, 0.717) is 12.1 Å². The highest BCUT2D eigenvalue weighted by Gasteiger charge is 2.11. The number of benzene rings is 1. The maximum Gasteiger partial charge on any atom is 0.138 e. The molecular weight excluding hydrogens is 270 g/mol. The Bertz CT molecular complexity index is 624. The number of anilines is 1. The third-order valence-corrected chi connectivity index (χ3v) is 4.01. The van der Waals surface area contributed by atoms with Crippen LogP contribution < -0.4 is 5.32 Å². The molecule has 0 aliphatic heterocycles. The van der Waals surface area contributed by atoms with Crippen LogP contribution in [0, 0.1) is 25.2 Å². The van der Waals surface area contributed by atoms with Crippen molar-refractivity contribution in [2.45, 2.75) is 32.2 Å². The molecule has 0 spiro atoms. The van der Waals surface area contributed by atoms with Crippen LogP contribution >= 0.6 is 11.8 Å². The van der Waals surface area contributed by atoms with Gasteiger partial charge in [-0.1, -0.05) is 18.1 Å². The van der Waals surface area contributed by atoms with Crippen molar-refractivity contribution in [2.24, 2.45) is 0 Å². The maximum atomic E-state index is 9.36. The molecule has 0 fully saturated rings. The Kier molecular flexibility index (Phi) is 4.70. The van der Waals surface area contributed by atoms with E-state index in [2.05, 4.69) is 23.5 Å². The second-order valence-corrected chi connectivity index (χ2v) is 5.69. The predicted molar refractivity (Wildman–Crippen MR) is 80.9 cm³/mol. The summed E-state index contributed by atoms with van der Waals surface area (Å²) in [4.78, 5) is 1.01. The van der Waals surface area contributed by atoms with Gasteiger partial charge in [0, 0.05) is 17.0 Å². The summed E-state index contributed by atoms with van der Waals surface area (Å²) in [5, 5.41) is 16.6. The van der Waals surface area contributed by atoms with E-state index < -0.39 is 0 Å². The molecule has 0 radical (unpaired) electrons. The molecule has 2 aromatic rings. The summed E-state index contributed by atoms with van der Waals surface area (Å²) in [5.41, 5.74) is 3.48. The summed E-state index contributed by atoms with van der Waals surface area (Å²) in [5.74, 6) is 1.76. The molecule has 104 valence electrons. The van der Waals surface area contributed by atoms with Crippen LogP contribution in [0.4, 0.5) is 5.69 Å². The van der Waals surface area contributed by atoms with Crippen LogP contribution in [-0.4, -0.2) is 10.9 Å². The summed E-state index contributed by atoms with van der Waals surface area (Å²) >= 11 is 1.68. The summed E-state index contributed by atoms with van der Waals surface area (Å²) in [6.07, 6.45) is 0. The Morgan fingerprint density at radius 1 is 1.40 bits per heavy atom. The molecule has 1 aromatic heterocycles. The molecule has 0 bridgehead atoms. The molecule has 0 aliphatic carbocycles. The van der Waals surface area contributed by atoms with E-state index in [1.54, 1.807) is 11.8 Å². The lowest BCUT2D eigenvalue weighted by Crippen LogP contribution is -2.03. The lowest BCUT2D eigenvalue weighted by molar-refractivity contribution is 0.392. The highest BCUT2D eigenvalue weighted by Crippen LogP contribution is 2.28. The van der Waals surface area contributed by atoms with Gasteiger partial charge >= 0.3 is 0 Å². The van der Waals surface area contributed by atoms with E-state index in [0.717, 1.165) is 33.4 Å². The molecule has 1 heterocycles. The SMILES string of the molecule is CCSc1cccc(NCc2c(C)noc2C)c1C#N. The number of nitrogens with zero attached hydrogens (tertiary/aromatic N) is 2. The second-order valence-electron chi connectivity index (χ2n) is 4.38. The van der Waals surface area contributed by atoms with Crippen LogP contribution in [0.2, 0.25) is 0 Å². The van der Waals surface area contributed by atoms with Gasteiger partial charge in [0.05, 0.1) is 16.9 Å². The Labute approximate surface area is 123 Å². The lowest BCUT2D eigenvalue weighted by atomic mass is 10.1. The average Bonchev–Trinajstić information content (AvgIpc) is 2.76. The number of thioether (sulfide) groups is 1. The molecule has 20 heavy (non-hydrogen) atoms. The Hall–Kier alpha value is -1.93. The summed E-state index contributed by atoms with van der Waals surface area (Å²) in [7, 11) is 0. The Balaban J connectivity index is 2.22. The highest BCUT2D eigenvalue weighted by atomic mass is 32.2. The van der Waals surface area contributed by atoms with E-state index in [1.807, 2.05) is 32.0 Å². The number of aryl methyl sites for hydroxylation is 2. The Morgan fingerprint density at radius 2 is 2.20 bits per heavy atom. The number of hydrogen-bond donors (Lipinski definition) is 1. The minimum atomic E-state index is 0.607. The van der Waals surface area contributed by atoms with Gasteiger partial charge in [-0.05, 0) is 31.7 Å². The minimum Gasteiger partial charge on any atom is -0.380 e. The summed E-state index contributed by atoms with van der Waals surface area (Å²) in [6, 6.07) is 8.16. The predicted octanol–water partition coefficient (Wildman–Crippen LogP) is 3.89. The first kappa shape index (κ1) is 14.5. The molecule has 1 N–H and O–H groups in total. The average molecular weight is 287 g/mol. The van der Waals surface area contributed by atoms with Gasteiger partial charge < -0.3 is 9.84 Å². The molecule has 0 atom stereocenters. The van der Waals surface area contributed by atoms with Gasteiger partial charge in [-0.2, -0.15) is 5.26 Å². The topological polar surface area (TPSA) is 61.9 Å². The third-order valence-electron chi connectivity index (χ3n) is 3.07. The van der Waals surface area contributed by atoms with Crippen molar-refractivity contribution in [3.05, 3.63) is 40.8 Å². The smallest absolute Gasteiger partial charge is 0.138 e. The monoisotopic (exact) mass is 287 g/mol. The molecular formula is C15H17N3OS. The molecule has 2 rings (SSSR count). The van der Waals surface area contributed by atoms with Gasteiger partial charge in [-0.15, -0.1) is 11.8 Å². The van der Waals surface area contributed by atoms with E-state index in [4.69, 9.17) is 4.52 Å². The first-order valence-corrected chi connectivity index (χ1v) is 7.47. The zero-order valence-electron chi connectivity index (χ0n) is 11.9. The normalized spacial score (nSPS) is 10.3. The van der Waals surface area contributed by atoms with Crippen LogP contribution in [-0.2, 0) is 6.54 Å². The number of nitriles is 1. The van der Waals surface area contributed by atoms with Crippen molar-refractivity contribution in [3.63, 3.8) is 0 Å². The number of hydrogen-bond acceptors (Lipinski definition) is 5. The number of rotatable bonds is 5. The van der Waals surface area contributed by atoms with Crippen molar-refractivity contribution < 1.29 is 4.52 Å². The fourth-order valence-corrected chi connectivity index (χ4v) is 2.79. The van der Waals surface area contributed by atoms with Crippen LogP contribution in [0.3, 0.4) is 0 Å². The number of nitrogens with one attached hydrogen (secondary N) is 1. The molecule has 0 unspecified atom stereocenters. The van der Waals surface area contributed by atoms with Crippen molar-refractivity contribution in [1.82, 2.24) is 5.16 Å². The van der Waals surface area contributed by atoms with Gasteiger partial charge in [0.15, 0.2) is 0 Å². The van der Waals surface area contributed by atoms with Crippen LogP contribution in [0.25, 0.3) is 0 Å². The first-order chi connectivity index (χ1) is 9.67. The fourth-order valence-electron chi connectivity index (χ4n) is 2.01. The highest BCUT2D eigenvalue weighted by molar-refractivity contribution is 7.99. The Morgan fingerprint density at radius 3 is 2.80 bits per heavy atom. The quantitative estimate of drug-likeness (QED) is 0.845. The molecule has 5 heteroatoms. The number of aromatic nitrogens is 1. The standard InChI is InChI=1S/C15H17N3OS/c1-4-20-15-7-5-6-14(12(15)8-16)17-9-13-10(2)18-19-11(13)3/h5-7,17H,4,9H2,1-3H3. The summed E-state index contributed by atoms with van der Waals surface area (Å²) < 4.78 is 5.14. The van der Waals surface area contributed by atoms with Gasteiger partial charge in [-0.3, -0.25) is 0 Å². The molecule has 1 aromatic carbocycles. The van der Waals surface area contributed by atoms with Crippen molar-refractivity contribution in [2.75, 3.05) is 11.1 Å². The molecule has 4 nitrogen and oxygen atoms in total. The zero-order chi connectivity index (χ0) is 14.5. The maximum absolute atomic E-state index is 9.36. The van der Waals surface area contributed by atoms with Gasteiger partial charge in [-0.25, -0.2) is 0 Å². The fraction of sp³-hybridized carbons (Fsp3) is 0.333.